The fourth-order valence-corrected chi connectivity index (χ4v) is 7.34. The number of aliphatic hydroxyl groups excluding tert-OH is 2. The predicted molar refractivity (Wildman–Crippen MR) is 163 cm³/mol. The Morgan fingerprint density at radius 2 is 1.74 bits per heavy atom. The summed E-state index contributed by atoms with van der Waals surface area (Å²) in [5, 5.41) is 45.6. The van der Waals surface area contributed by atoms with E-state index in [9.17, 15) is 34.8 Å². The van der Waals surface area contributed by atoms with Crippen molar-refractivity contribution in [2.24, 2.45) is 23.0 Å². The van der Waals surface area contributed by atoms with Crippen molar-refractivity contribution in [3.63, 3.8) is 0 Å². The molecule has 5 atom stereocenters. The number of carbonyl (C=O) groups is 3. The van der Waals surface area contributed by atoms with Gasteiger partial charge in [0.15, 0.2) is 11.4 Å². The molecule has 0 aromatic heterocycles. The first-order chi connectivity index (χ1) is 19.8. The SMILES string of the molecule is CCN(Cc1cc(O)c2c(c1N(C)C)C[C@H]1C[C@H]3[C@H](N(C)C)C(O)=C(C(N)=O)C(=O)[C@@]3(O)C(O)=C1C2=O)[C@H](C)C(C)(C)C. The molecule has 0 saturated heterocycles. The number of phenols is 1. The van der Waals surface area contributed by atoms with Gasteiger partial charge in [-0.05, 0) is 68.9 Å². The number of nitrogens with zero attached hydrogens (tertiary/aromatic N) is 3. The Labute approximate surface area is 253 Å². The van der Waals surface area contributed by atoms with Gasteiger partial charge in [0.1, 0.15) is 22.8 Å². The average molecular weight is 599 g/mol. The van der Waals surface area contributed by atoms with Crippen LogP contribution >= 0.6 is 0 Å². The molecule has 6 N–H and O–H groups in total. The molecule has 11 heteroatoms. The van der Waals surface area contributed by atoms with Crippen LogP contribution < -0.4 is 10.6 Å². The van der Waals surface area contributed by atoms with Crippen LogP contribution in [-0.2, 0) is 22.6 Å². The monoisotopic (exact) mass is 598 g/mol. The number of anilines is 1. The van der Waals surface area contributed by atoms with Crippen molar-refractivity contribution in [2.75, 3.05) is 39.6 Å². The number of aromatic hydroxyl groups is 1. The molecule has 0 fully saturated rings. The zero-order valence-corrected chi connectivity index (χ0v) is 26.6. The van der Waals surface area contributed by atoms with E-state index < -0.39 is 58.0 Å². The second-order valence-electron chi connectivity index (χ2n) is 13.7. The summed E-state index contributed by atoms with van der Waals surface area (Å²) in [5.74, 6) is -6.57. The van der Waals surface area contributed by atoms with Gasteiger partial charge in [-0.15, -0.1) is 0 Å². The molecule has 3 aliphatic carbocycles. The highest BCUT2D eigenvalue weighted by Gasteiger charge is 2.63. The van der Waals surface area contributed by atoms with Crippen LogP contribution in [0.4, 0.5) is 5.69 Å². The topological polar surface area (TPSA) is 168 Å². The third-order valence-electron chi connectivity index (χ3n) is 9.80. The van der Waals surface area contributed by atoms with Gasteiger partial charge in [0.25, 0.3) is 5.91 Å². The second kappa shape index (κ2) is 10.9. The smallest absolute Gasteiger partial charge is 0.255 e. The summed E-state index contributed by atoms with van der Waals surface area (Å²) in [7, 11) is 6.98. The maximum absolute atomic E-state index is 14.1. The quantitative estimate of drug-likeness (QED) is 0.294. The number of hydrogen-bond acceptors (Lipinski definition) is 10. The number of nitrogens with two attached hydrogens (primary N) is 1. The van der Waals surface area contributed by atoms with E-state index in [0.29, 0.717) is 12.1 Å². The third-order valence-corrected chi connectivity index (χ3v) is 9.80. The van der Waals surface area contributed by atoms with Crippen LogP contribution in [0.2, 0.25) is 0 Å². The molecule has 0 aliphatic heterocycles. The van der Waals surface area contributed by atoms with Gasteiger partial charge in [0.2, 0.25) is 5.78 Å². The summed E-state index contributed by atoms with van der Waals surface area (Å²) >= 11 is 0. The predicted octanol–water partition coefficient (Wildman–Crippen LogP) is 2.44. The summed E-state index contributed by atoms with van der Waals surface area (Å²) in [6.45, 7) is 12.1. The number of carbonyl (C=O) groups excluding carboxylic acids is 3. The summed E-state index contributed by atoms with van der Waals surface area (Å²) in [6.07, 6.45) is 0.288. The molecule has 1 amide bonds. The number of aliphatic hydroxyl groups is 3. The molecule has 0 saturated carbocycles. The highest BCUT2D eigenvalue weighted by atomic mass is 16.3. The zero-order valence-electron chi connectivity index (χ0n) is 26.6. The lowest BCUT2D eigenvalue weighted by Gasteiger charge is -2.50. The molecule has 1 aromatic carbocycles. The highest BCUT2D eigenvalue weighted by Crippen LogP contribution is 2.53. The van der Waals surface area contributed by atoms with Gasteiger partial charge in [-0.25, -0.2) is 0 Å². The number of rotatable bonds is 7. The van der Waals surface area contributed by atoms with Crippen molar-refractivity contribution in [1.29, 1.82) is 0 Å². The molecular formula is C32H46N4O7. The molecule has 3 aliphatic rings. The Kier molecular flexibility index (Phi) is 8.27. The van der Waals surface area contributed by atoms with Gasteiger partial charge in [-0.3, -0.25) is 24.2 Å². The van der Waals surface area contributed by atoms with Crippen LogP contribution in [0.5, 0.6) is 5.75 Å². The fraction of sp³-hybridized carbons (Fsp3) is 0.594. The minimum absolute atomic E-state index is 0.00537. The maximum atomic E-state index is 14.1. The third kappa shape index (κ3) is 4.91. The summed E-state index contributed by atoms with van der Waals surface area (Å²) in [6, 6.07) is 0.769. The Morgan fingerprint density at radius 3 is 2.23 bits per heavy atom. The standard InChI is InChI=1S/C32H46N4O7/c1-10-36(15(2)31(3,4)5)14-17-13-20(37)22-18(24(17)34(6)7)11-16-12-19-25(35(8)9)27(39)23(30(33)42)29(41)32(19,43)28(40)21(16)26(22)38/h13,15-16,19,25,37,39-40,43H,10-12,14H2,1-9H3,(H2,33,42)/t15-,16+,19+,25+,32+/m1/s1. The number of ketones is 2. The van der Waals surface area contributed by atoms with Gasteiger partial charge in [-0.1, -0.05) is 27.7 Å². The van der Waals surface area contributed by atoms with Crippen LogP contribution in [-0.4, -0.2) is 100 Å². The average Bonchev–Trinajstić information content (AvgIpc) is 2.87. The van der Waals surface area contributed by atoms with Crippen molar-refractivity contribution in [2.45, 2.75) is 71.7 Å². The Bertz CT molecular complexity index is 1440. The number of benzene rings is 1. The molecule has 0 radical (unpaired) electrons. The molecule has 11 nitrogen and oxygen atoms in total. The number of amides is 1. The second-order valence-corrected chi connectivity index (χ2v) is 13.7. The van der Waals surface area contributed by atoms with E-state index >= 15 is 0 Å². The van der Waals surface area contributed by atoms with Gasteiger partial charge in [0, 0.05) is 43.9 Å². The molecule has 0 heterocycles. The van der Waals surface area contributed by atoms with E-state index in [2.05, 4.69) is 39.5 Å². The van der Waals surface area contributed by atoms with Crippen LogP contribution in [0.25, 0.3) is 0 Å². The first-order valence-corrected chi connectivity index (χ1v) is 14.7. The van der Waals surface area contributed by atoms with E-state index in [1.165, 1.54) is 0 Å². The Hall–Kier alpha value is -3.41. The van der Waals surface area contributed by atoms with Crippen molar-refractivity contribution in [3.05, 3.63) is 45.4 Å². The van der Waals surface area contributed by atoms with Crippen molar-refractivity contribution in [3.8, 4) is 5.75 Å². The minimum atomic E-state index is -2.66. The molecule has 43 heavy (non-hydrogen) atoms. The Morgan fingerprint density at radius 1 is 1.14 bits per heavy atom. The maximum Gasteiger partial charge on any atom is 0.255 e. The summed E-state index contributed by atoms with van der Waals surface area (Å²) < 4.78 is 0. The molecule has 0 spiro atoms. The number of phenolic OH excluding ortho intramolecular Hbond substituents is 1. The van der Waals surface area contributed by atoms with Crippen LogP contribution in [0.15, 0.2) is 28.7 Å². The largest absolute Gasteiger partial charge is 0.510 e. The van der Waals surface area contributed by atoms with Crippen molar-refractivity contribution < 1.29 is 34.8 Å². The lowest BCUT2D eigenvalue weighted by Crippen LogP contribution is -2.63. The summed E-state index contributed by atoms with van der Waals surface area (Å²) in [5.41, 5.74) is 4.06. The van der Waals surface area contributed by atoms with Crippen molar-refractivity contribution in [1.82, 2.24) is 9.80 Å². The van der Waals surface area contributed by atoms with Crippen molar-refractivity contribution >= 4 is 23.2 Å². The van der Waals surface area contributed by atoms with Gasteiger partial charge < -0.3 is 31.1 Å². The molecule has 0 bridgehead atoms. The first kappa shape index (κ1) is 32.5. The lowest BCUT2D eigenvalue weighted by molar-refractivity contribution is -0.148. The lowest BCUT2D eigenvalue weighted by atomic mass is 9.58. The molecule has 0 unspecified atom stereocenters. The van der Waals surface area contributed by atoms with Crippen LogP contribution in [0, 0.1) is 17.3 Å². The summed E-state index contributed by atoms with van der Waals surface area (Å²) in [4.78, 5) is 45.6. The highest BCUT2D eigenvalue weighted by molar-refractivity contribution is 6.24. The number of likely N-dealkylation sites (N-methyl/N-ethyl adjacent to an activating group) is 1. The molecule has 4 rings (SSSR count). The van der Waals surface area contributed by atoms with E-state index in [4.69, 9.17) is 5.73 Å². The first-order valence-electron chi connectivity index (χ1n) is 14.7. The Balaban J connectivity index is 1.91. The molecule has 236 valence electrons. The normalized spacial score (nSPS) is 26.5. The van der Waals surface area contributed by atoms with E-state index in [0.717, 1.165) is 17.8 Å². The number of allylic oxidation sites excluding steroid dienone is 1. The van der Waals surface area contributed by atoms with E-state index in [-0.39, 0.29) is 41.2 Å². The minimum Gasteiger partial charge on any atom is -0.510 e. The number of fused-ring (bicyclic) bond motifs is 3. The van der Waals surface area contributed by atoms with Gasteiger partial charge >= 0.3 is 0 Å². The number of primary amides is 1. The van der Waals surface area contributed by atoms with Gasteiger partial charge in [-0.2, -0.15) is 0 Å². The number of Topliss-reactive ketones (excluding diaryl/α,β-unsaturated/α-hetero) is 2. The molecular weight excluding hydrogens is 552 g/mol. The van der Waals surface area contributed by atoms with Gasteiger partial charge in [0.05, 0.1) is 11.6 Å². The van der Waals surface area contributed by atoms with E-state index in [1.807, 2.05) is 19.0 Å². The fourth-order valence-electron chi connectivity index (χ4n) is 7.34. The molecule has 1 aromatic rings. The van der Waals surface area contributed by atoms with Crippen LogP contribution in [0.3, 0.4) is 0 Å². The van der Waals surface area contributed by atoms with E-state index in [1.54, 1.807) is 25.1 Å². The zero-order chi connectivity index (χ0) is 32.5. The number of hydrogen-bond donors (Lipinski definition) is 5. The van der Waals surface area contributed by atoms with Crippen LogP contribution in [0.1, 0.15) is 62.5 Å².